The van der Waals surface area contributed by atoms with E-state index in [2.05, 4.69) is 10.6 Å². The van der Waals surface area contributed by atoms with E-state index >= 15 is 0 Å². The van der Waals surface area contributed by atoms with Gasteiger partial charge in [-0.25, -0.2) is 9.59 Å². The Hall–Kier alpha value is -1.87. The number of aliphatic carboxylic acids is 1. The zero-order chi connectivity index (χ0) is 15.0. The van der Waals surface area contributed by atoms with Crippen molar-refractivity contribution >= 4 is 17.9 Å². The second kappa shape index (κ2) is 8.33. The summed E-state index contributed by atoms with van der Waals surface area (Å²) >= 11 is 0. The summed E-state index contributed by atoms with van der Waals surface area (Å²) in [4.78, 5) is 33.1. The molecule has 20 heavy (non-hydrogen) atoms. The van der Waals surface area contributed by atoms with Crippen molar-refractivity contribution in [3.05, 3.63) is 0 Å². The van der Waals surface area contributed by atoms with Crippen molar-refractivity contribution in [3.63, 3.8) is 0 Å². The van der Waals surface area contributed by atoms with Crippen molar-refractivity contribution in [1.29, 1.82) is 0 Å². The minimum atomic E-state index is -1.22. The Labute approximate surface area is 115 Å². The van der Waals surface area contributed by atoms with Gasteiger partial charge >= 0.3 is 12.0 Å². The van der Waals surface area contributed by atoms with Crippen LogP contribution in [0.15, 0.2) is 0 Å². The van der Waals surface area contributed by atoms with Crippen LogP contribution >= 0.6 is 0 Å². The zero-order valence-corrected chi connectivity index (χ0v) is 11.0. The lowest BCUT2D eigenvalue weighted by molar-refractivity contribution is -0.139. The Kier molecular flexibility index (Phi) is 6.74. The van der Waals surface area contributed by atoms with Crippen LogP contribution in [-0.4, -0.2) is 61.5 Å². The van der Waals surface area contributed by atoms with Gasteiger partial charge in [-0.2, -0.15) is 0 Å². The predicted octanol–water partition coefficient (Wildman–Crippen LogP) is -1.58. The van der Waals surface area contributed by atoms with Crippen molar-refractivity contribution in [2.24, 2.45) is 5.73 Å². The molecule has 0 aromatic carbocycles. The Balaban J connectivity index is 2.29. The van der Waals surface area contributed by atoms with Crippen LogP contribution in [0, 0.1) is 0 Å². The first-order chi connectivity index (χ1) is 9.49. The zero-order valence-electron chi connectivity index (χ0n) is 11.0. The molecule has 0 spiro atoms. The van der Waals surface area contributed by atoms with Crippen LogP contribution < -0.4 is 16.4 Å². The minimum Gasteiger partial charge on any atom is -0.480 e. The second-order valence-electron chi connectivity index (χ2n) is 4.32. The summed E-state index contributed by atoms with van der Waals surface area (Å²) in [5.74, 6) is -1.84. The Morgan fingerprint density at radius 2 is 2.10 bits per heavy atom. The normalized spacial score (nSPS) is 19.9. The number of amides is 3. The van der Waals surface area contributed by atoms with Gasteiger partial charge in [-0.1, -0.05) is 0 Å². The first kappa shape index (κ1) is 16.2. The molecule has 2 atom stereocenters. The van der Waals surface area contributed by atoms with E-state index in [0.717, 1.165) is 0 Å². The third-order valence-electron chi connectivity index (χ3n) is 2.66. The average Bonchev–Trinajstić information content (AvgIpc) is 2.41. The van der Waals surface area contributed by atoms with E-state index in [4.69, 9.17) is 20.3 Å². The molecule has 0 aromatic rings. The van der Waals surface area contributed by atoms with Gasteiger partial charge in [-0.15, -0.1) is 0 Å². The molecule has 0 aliphatic carbocycles. The Bertz CT molecular complexity index is 356. The summed E-state index contributed by atoms with van der Waals surface area (Å²) in [6, 6.07) is -1.80. The number of hydrogen-bond donors (Lipinski definition) is 4. The largest absolute Gasteiger partial charge is 0.480 e. The Morgan fingerprint density at radius 1 is 1.35 bits per heavy atom. The van der Waals surface area contributed by atoms with E-state index in [1.165, 1.54) is 0 Å². The quantitative estimate of drug-likeness (QED) is 0.446. The number of carboxylic acid groups (broad SMARTS) is 1. The van der Waals surface area contributed by atoms with Crippen LogP contribution in [0.1, 0.15) is 12.8 Å². The van der Waals surface area contributed by atoms with Gasteiger partial charge in [0.1, 0.15) is 6.04 Å². The molecular weight excluding hydrogens is 270 g/mol. The van der Waals surface area contributed by atoms with Crippen LogP contribution in [-0.2, 0) is 19.1 Å². The lowest BCUT2D eigenvalue weighted by Gasteiger charge is -2.23. The number of carboxylic acids is 1. The van der Waals surface area contributed by atoms with E-state index in [-0.39, 0.29) is 25.5 Å². The smallest absolute Gasteiger partial charge is 0.326 e. The molecule has 0 aromatic heterocycles. The molecule has 5 N–H and O–H groups in total. The standard InChI is InChI=1S/C11H19N3O6/c12-9(15)2-1-8(10(16)17)14-11(18)13-5-7-6-19-3-4-20-7/h7-8H,1-6H2,(H2,12,15)(H,16,17)(H2,13,14,18)/t7?,8-/m1/s1. The number of ether oxygens (including phenoxy) is 2. The first-order valence-corrected chi connectivity index (χ1v) is 6.24. The first-order valence-electron chi connectivity index (χ1n) is 6.24. The van der Waals surface area contributed by atoms with E-state index in [1.807, 2.05) is 0 Å². The number of rotatable bonds is 7. The topological polar surface area (TPSA) is 140 Å². The average molecular weight is 289 g/mol. The molecule has 9 nitrogen and oxygen atoms in total. The van der Waals surface area contributed by atoms with E-state index in [0.29, 0.717) is 19.8 Å². The van der Waals surface area contributed by atoms with Gasteiger partial charge in [0.25, 0.3) is 0 Å². The molecule has 0 radical (unpaired) electrons. The molecule has 3 amide bonds. The predicted molar refractivity (Wildman–Crippen MR) is 66.9 cm³/mol. The summed E-state index contributed by atoms with van der Waals surface area (Å²) in [5, 5.41) is 13.7. The molecule has 1 aliphatic heterocycles. The lowest BCUT2D eigenvalue weighted by Crippen LogP contribution is -2.49. The third-order valence-corrected chi connectivity index (χ3v) is 2.66. The van der Waals surface area contributed by atoms with Gasteiger partial charge in [0.2, 0.25) is 5.91 Å². The molecule has 0 bridgehead atoms. The van der Waals surface area contributed by atoms with Crippen molar-refractivity contribution < 1.29 is 29.0 Å². The molecule has 1 rings (SSSR count). The molecule has 1 fully saturated rings. The van der Waals surface area contributed by atoms with Crippen LogP contribution in [0.2, 0.25) is 0 Å². The second-order valence-corrected chi connectivity index (χ2v) is 4.32. The van der Waals surface area contributed by atoms with Crippen LogP contribution in [0.3, 0.4) is 0 Å². The molecular formula is C11H19N3O6. The number of nitrogens with two attached hydrogens (primary N) is 1. The minimum absolute atomic E-state index is 0.0544. The van der Waals surface area contributed by atoms with Gasteiger partial charge in [0.05, 0.1) is 25.9 Å². The van der Waals surface area contributed by atoms with Gasteiger partial charge in [0, 0.05) is 13.0 Å². The number of carbonyl (C=O) groups excluding carboxylic acids is 2. The number of primary amides is 1. The fourth-order valence-electron chi connectivity index (χ4n) is 1.61. The summed E-state index contributed by atoms with van der Waals surface area (Å²) < 4.78 is 10.5. The monoisotopic (exact) mass is 289 g/mol. The highest BCUT2D eigenvalue weighted by Crippen LogP contribution is 2.00. The summed E-state index contributed by atoms with van der Waals surface area (Å²) in [6.45, 7) is 1.58. The fraction of sp³-hybridized carbons (Fsp3) is 0.727. The molecule has 1 saturated heterocycles. The maximum atomic E-state index is 11.5. The SMILES string of the molecule is NC(=O)CC[C@@H](NC(=O)NCC1COCCO1)C(=O)O. The number of carbonyl (C=O) groups is 3. The van der Waals surface area contributed by atoms with Crippen LogP contribution in [0.25, 0.3) is 0 Å². The lowest BCUT2D eigenvalue weighted by atomic mass is 10.1. The Morgan fingerprint density at radius 3 is 2.65 bits per heavy atom. The molecule has 1 heterocycles. The van der Waals surface area contributed by atoms with E-state index < -0.39 is 23.9 Å². The van der Waals surface area contributed by atoms with Gasteiger partial charge < -0.3 is 30.9 Å². The maximum absolute atomic E-state index is 11.5. The van der Waals surface area contributed by atoms with E-state index in [9.17, 15) is 14.4 Å². The molecule has 9 heteroatoms. The van der Waals surface area contributed by atoms with Gasteiger partial charge in [0.15, 0.2) is 0 Å². The van der Waals surface area contributed by atoms with Crippen LogP contribution in [0.4, 0.5) is 4.79 Å². The molecule has 1 unspecified atom stereocenters. The highest BCUT2D eigenvalue weighted by Gasteiger charge is 2.21. The number of urea groups is 1. The van der Waals surface area contributed by atoms with Crippen LogP contribution in [0.5, 0.6) is 0 Å². The number of nitrogens with one attached hydrogen (secondary N) is 2. The summed E-state index contributed by atoms with van der Waals surface area (Å²) in [7, 11) is 0. The van der Waals surface area contributed by atoms with Gasteiger partial charge in [-0.3, -0.25) is 4.79 Å². The van der Waals surface area contributed by atoms with Gasteiger partial charge in [-0.05, 0) is 6.42 Å². The summed E-state index contributed by atoms with van der Waals surface area (Å²) in [5.41, 5.74) is 4.94. The maximum Gasteiger partial charge on any atom is 0.326 e. The van der Waals surface area contributed by atoms with Crippen molar-refractivity contribution in [2.75, 3.05) is 26.4 Å². The molecule has 114 valence electrons. The molecule has 1 aliphatic rings. The highest BCUT2D eigenvalue weighted by atomic mass is 16.6. The fourth-order valence-corrected chi connectivity index (χ4v) is 1.61. The van der Waals surface area contributed by atoms with E-state index in [1.54, 1.807) is 0 Å². The number of hydrogen-bond acceptors (Lipinski definition) is 5. The highest BCUT2D eigenvalue weighted by molar-refractivity contribution is 5.83. The molecule has 0 saturated carbocycles. The third kappa shape index (κ3) is 6.34. The van der Waals surface area contributed by atoms with Crippen molar-refractivity contribution in [1.82, 2.24) is 10.6 Å². The van der Waals surface area contributed by atoms with Crippen molar-refractivity contribution in [3.8, 4) is 0 Å². The summed E-state index contributed by atoms with van der Waals surface area (Å²) in [6.07, 6.45) is -0.416. The van der Waals surface area contributed by atoms with Crippen molar-refractivity contribution in [2.45, 2.75) is 25.0 Å².